The highest BCUT2D eigenvalue weighted by atomic mass is 16.6. The fourth-order valence-electron chi connectivity index (χ4n) is 1.13. The van der Waals surface area contributed by atoms with E-state index in [4.69, 9.17) is 5.73 Å². The van der Waals surface area contributed by atoms with Crippen LogP contribution in [0, 0.1) is 10.1 Å². The van der Waals surface area contributed by atoms with E-state index in [-0.39, 0.29) is 11.7 Å². The number of nitrogens with zero attached hydrogens (tertiary/aromatic N) is 1. The summed E-state index contributed by atoms with van der Waals surface area (Å²) in [6.07, 6.45) is 0. The molecule has 0 bridgehead atoms. The van der Waals surface area contributed by atoms with Crippen molar-refractivity contribution < 1.29 is 9.72 Å². The zero-order valence-corrected chi connectivity index (χ0v) is 9.34. The lowest BCUT2D eigenvalue weighted by Crippen LogP contribution is -2.37. The van der Waals surface area contributed by atoms with Crippen molar-refractivity contribution in [3.63, 3.8) is 0 Å². The van der Waals surface area contributed by atoms with E-state index in [9.17, 15) is 14.9 Å². The summed E-state index contributed by atoms with van der Waals surface area (Å²) in [6.45, 7) is 2.09. The highest BCUT2D eigenvalue weighted by molar-refractivity contribution is 5.89. The van der Waals surface area contributed by atoms with Crippen LogP contribution in [-0.4, -0.2) is 23.5 Å². The van der Waals surface area contributed by atoms with Crippen LogP contribution in [0.4, 0.5) is 16.2 Å². The summed E-state index contributed by atoms with van der Waals surface area (Å²) in [4.78, 5) is 21.3. The van der Waals surface area contributed by atoms with Crippen molar-refractivity contribution in [3.8, 4) is 0 Å². The molecule has 7 nitrogen and oxygen atoms in total. The zero-order valence-electron chi connectivity index (χ0n) is 9.34. The second-order valence-corrected chi connectivity index (χ2v) is 3.62. The number of anilines is 1. The molecule has 0 aliphatic carbocycles. The van der Waals surface area contributed by atoms with Crippen LogP contribution in [0.15, 0.2) is 24.3 Å². The minimum atomic E-state index is -0.523. The molecule has 0 aromatic heterocycles. The van der Waals surface area contributed by atoms with Crippen molar-refractivity contribution in [2.45, 2.75) is 13.0 Å². The maximum atomic E-state index is 11.4. The first-order valence-corrected chi connectivity index (χ1v) is 5.04. The lowest BCUT2D eigenvalue weighted by molar-refractivity contribution is -0.384. The smallest absolute Gasteiger partial charge is 0.319 e. The molecular weight excluding hydrogens is 224 g/mol. The van der Waals surface area contributed by atoms with E-state index in [1.165, 1.54) is 18.2 Å². The minimum absolute atomic E-state index is 0.0741. The molecule has 0 spiro atoms. The van der Waals surface area contributed by atoms with E-state index in [0.29, 0.717) is 12.2 Å². The monoisotopic (exact) mass is 238 g/mol. The SMILES string of the molecule is CC(N)CNC(=O)Nc1cccc([N+](=O)[O-])c1. The molecule has 0 aliphatic heterocycles. The molecule has 0 aliphatic rings. The third-order valence-electron chi connectivity index (χ3n) is 1.90. The first-order chi connectivity index (χ1) is 7.99. The molecule has 0 heterocycles. The first-order valence-electron chi connectivity index (χ1n) is 5.04. The van der Waals surface area contributed by atoms with E-state index in [1.807, 2.05) is 0 Å². The number of carbonyl (C=O) groups excluding carboxylic acids is 1. The van der Waals surface area contributed by atoms with Crippen LogP contribution in [0.3, 0.4) is 0 Å². The minimum Gasteiger partial charge on any atom is -0.336 e. The molecule has 1 aromatic rings. The van der Waals surface area contributed by atoms with Gasteiger partial charge in [0.25, 0.3) is 5.69 Å². The van der Waals surface area contributed by atoms with Crippen LogP contribution in [0.1, 0.15) is 6.92 Å². The van der Waals surface area contributed by atoms with Crippen molar-refractivity contribution in [3.05, 3.63) is 34.4 Å². The number of hydrogen-bond donors (Lipinski definition) is 3. The Labute approximate surface area is 98.1 Å². The number of hydrogen-bond acceptors (Lipinski definition) is 4. The summed E-state index contributed by atoms with van der Waals surface area (Å²) >= 11 is 0. The number of non-ortho nitro benzene ring substituents is 1. The standard InChI is InChI=1S/C10H14N4O3/c1-7(11)6-12-10(15)13-8-3-2-4-9(5-8)14(16)17/h2-5,7H,6,11H2,1H3,(H2,12,13,15). The number of amides is 2. The summed E-state index contributed by atoms with van der Waals surface area (Å²) in [6, 6.07) is 5.11. The van der Waals surface area contributed by atoms with Gasteiger partial charge < -0.3 is 16.4 Å². The molecule has 0 saturated carbocycles. The van der Waals surface area contributed by atoms with Gasteiger partial charge in [-0.1, -0.05) is 6.07 Å². The Kier molecular flexibility index (Phi) is 4.41. The van der Waals surface area contributed by atoms with Crippen LogP contribution < -0.4 is 16.4 Å². The van der Waals surface area contributed by atoms with Gasteiger partial charge in [-0.05, 0) is 13.0 Å². The molecule has 17 heavy (non-hydrogen) atoms. The lowest BCUT2D eigenvalue weighted by atomic mass is 10.3. The number of urea groups is 1. The second kappa shape index (κ2) is 5.80. The van der Waals surface area contributed by atoms with Crippen LogP contribution in [-0.2, 0) is 0 Å². The summed E-state index contributed by atoms with van der Waals surface area (Å²) in [7, 11) is 0. The molecule has 1 atom stereocenters. The average Bonchev–Trinajstić information content (AvgIpc) is 2.26. The summed E-state index contributed by atoms with van der Waals surface area (Å²) < 4.78 is 0. The molecule has 0 fully saturated rings. The molecule has 0 saturated heterocycles. The second-order valence-electron chi connectivity index (χ2n) is 3.62. The third-order valence-corrected chi connectivity index (χ3v) is 1.90. The third kappa shape index (κ3) is 4.47. The lowest BCUT2D eigenvalue weighted by Gasteiger charge is -2.09. The number of benzene rings is 1. The summed E-state index contributed by atoms with van der Waals surface area (Å²) in [5.41, 5.74) is 5.75. The predicted molar refractivity (Wildman–Crippen MR) is 63.8 cm³/mol. The van der Waals surface area contributed by atoms with Crippen LogP contribution in [0.2, 0.25) is 0 Å². The van der Waals surface area contributed by atoms with Gasteiger partial charge in [-0.3, -0.25) is 10.1 Å². The quantitative estimate of drug-likeness (QED) is 0.538. The van der Waals surface area contributed by atoms with Crippen LogP contribution in [0.25, 0.3) is 0 Å². The Morgan fingerprint density at radius 2 is 2.29 bits per heavy atom. The van der Waals surface area contributed by atoms with E-state index in [1.54, 1.807) is 13.0 Å². The Hall–Kier alpha value is -2.15. The Morgan fingerprint density at radius 1 is 1.59 bits per heavy atom. The van der Waals surface area contributed by atoms with Gasteiger partial charge in [0, 0.05) is 30.4 Å². The van der Waals surface area contributed by atoms with Crippen molar-refractivity contribution in [2.24, 2.45) is 5.73 Å². The first kappa shape index (κ1) is 12.9. The Bertz CT molecular complexity index is 420. The highest BCUT2D eigenvalue weighted by Gasteiger charge is 2.07. The van der Waals surface area contributed by atoms with Gasteiger partial charge in [-0.25, -0.2) is 4.79 Å². The number of nitro benzene ring substituents is 1. The number of nitrogens with one attached hydrogen (secondary N) is 2. The molecule has 4 N–H and O–H groups in total. The topological polar surface area (TPSA) is 110 Å². The molecule has 1 unspecified atom stereocenters. The molecule has 1 rings (SSSR count). The van der Waals surface area contributed by atoms with E-state index in [2.05, 4.69) is 10.6 Å². The molecular formula is C10H14N4O3. The fraction of sp³-hybridized carbons (Fsp3) is 0.300. The van der Waals surface area contributed by atoms with E-state index >= 15 is 0 Å². The molecule has 92 valence electrons. The number of carbonyl (C=O) groups is 1. The van der Waals surface area contributed by atoms with Crippen molar-refractivity contribution >= 4 is 17.4 Å². The van der Waals surface area contributed by atoms with Gasteiger partial charge in [-0.15, -0.1) is 0 Å². The summed E-state index contributed by atoms with van der Waals surface area (Å²) in [5.74, 6) is 0. The number of nitro groups is 1. The van der Waals surface area contributed by atoms with Gasteiger partial charge in [0.15, 0.2) is 0 Å². The van der Waals surface area contributed by atoms with Crippen molar-refractivity contribution in [2.75, 3.05) is 11.9 Å². The van der Waals surface area contributed by atoms with E-state index < -0.39 is 11.0 Å². The van der Waals surface area contributed by atoms with Gasteiger partial charge >= 0.3 is 6.03 Å². The summed E-state index contributed by atoms with van der Waals surface area (Å²) in [5, 5.41) is 15.5. The van der Waals surface area contributed by atoms with Gasteiger partial charge in [0.05, 0.1) is 4.92 Å². The van der Waals surface area contributed by atoms with Gasteiger partial charge in [0.1, 0.15) is 0 Å². The number of rotatable bonds is 4. The predicted octanol–water partition coefficient (Wildman–Crippen LogP) is 1.06. The van der Waals surface area contributed by atoms with Crippen molar-refractivity contribution in [1.82, 2.24) is 5.32 Å². The van der Waals surface area contributed by atoms with E-state index in [0.717, 1.165) is 0 Å². The molecule has 7 heteroatoms. The maximum Gasteiger partial charge on any atom is 0.319 e. The molecule has 2 amide bonds. The molecule has 0 radical (unpaired) electrons. The largest absolute Gasteiger partial charge is 0.336 e. The maximum absolute atomic E-state index is 11.4. The number of nitrogens with two attached hydrogens (primary N) is 1. The zero-order chi connectivity index (χ0) is 12.8. The van der Waals surface area contributed by atoms with Crippen LogP contribution >= 0.6 is 0 Å². The Balaban J connectivity index is 2.59. The van der Waals surface area contributed by atoms with Crippen molar-refractivity contribution in [1.29, 1.82) is 0 Å². The van der Waals surface area contributed by atoms with Gasteiger partial charge in [0.2, 0.25) is 0 Å². The van der Waals surface area contributed by atoms with Gasteiger partial charge in [-0.2, -0.15) is 0 Å². The highest BCUT2D eigenvalue weighted by Crippen LogP contribution is 2.16. The van der Waals surface area contributed by atoms with Crippen LogP contribution in [0.5, 0.6) is 0 Å². The normalized spacial score (nSPS) is 11.6. The fourth-order valence-corrected chi connectivity index (χ4v) is 1.13. The molecule has 1 aromatic carbocycles. The Morgan fingerprint density at radius 3 is 2.88 bits per heavy atom. The average molecular weight is 238 g/mol.